The number of unbranched alkanes of at least 4 members (excludes halogenated alkanes) is 1. The van der Waals surface area contributed by atoms with E-state index < -0.39 is 0 Å². The molecule has 1 rings (SSSR count). The van der Waals surface area contributed by atoms with Crippen molar-refractivity contribution in [3.63, 3.8) is 0 Å². The average molecular weight is 270 g/mol. The second-order valence-electron chi connectivity index (χ2n) is 6.00. The minimum atomic E-state index is 0.665. The lowest BCUT2D eigenvalue weighted by molar-refractivity contribution is 0.0943. The van der Waals surface area contributed by atoms with E-state index in [4.69, 9.17) is 4.74 Å². The molecule has 3 heteroatoms. The van der Waals surface area contributed by atoms with Crippen LogP contribution in [-0.4, -0.2) is 51.3 Å². The molecule has 0 aliphatic carbocycles. The van der Waals surface area contributed by atoms with Crippen LogP contribution in [0.15, 0.2) is 0 Å². The van der Waals surface area contributed by atoms with Crippen LogP contribution in [0.25, 0.3) is 0 Å². The van der Waals surface area contributed by atoms with Crippen LogP contribution in [0.1, 0.15) is 52.4 Å². The van der Waals surface area contributed by atoms with Crippen LogP contribution in [0.3, 0.4) is 0 Å². The van der Waals surface area contributed by atoms with E-state index in [0.29, 0.717) is 5.41 Å². The number of methoxy groups -OCH3 is 1. The van der Waals surface area contributed by atoms with Crippen molar-refractivity contribution in [1.82, 2.24) is 10.2 Å². The summed E-state index contributed by atoms with van der Waals surface area (Å²) in [4.78, 5) is 2.67. The lowest BCUT2D eigenvalue weighted by Gasteiger charge is -2.41. The van der Waals surface area contributed by atoms with Gasteiger partial charge in [0, 0.05) is 13.7 Å². The maximum atomic E-state index is 5.01. The molecule has 0 radical (unpaired) electrons. The smallest absolute Gasteiger partial charge is 0.0587 e. The van der Waals surface area contributed by atoms with Gasteiger partial charge in [-0.3, -0.25) is 0 Å². The fourth-order valence-corrected chi connectivity index (χ4v) is 3.09. The number of nitrogens with one attached hydrogen (secondary N) is 1. The highest BCUT2D eigenvalue weighted by Crippen LogP contribution is 2.37. The number of hydrogen-bond acceptors (Lipinski definition) is 3. The molecule has 0 saturated carbocycles. The Labute approximate surface area is 120 Å². The van der Waals surface area contributed by atoms with Crippen molar-refractivity contribution in [2.24, 2.45) is 5.41 Å². The van der Waals surface area contributed by atoms with E-state index in [2.05, 4.69) is 24.1 Å². The number of ether oxygens (including phenoxy) is 1. The quantitative estimate of drug-likeness (QED) is 0.618. The minimum Gasteiger partial charge on any atom is -0.383 e. The van der Waals surface area contributed by atoms with E-state index in [1.54, 1.807) is 7.11 Å². The lowest BCUT2D eigenvalue weighted by atomic mass is 9.74. The molecule has 19 heavy (non-hydrogen) atoms. The monoisotopic (exact) mass is 270 g/mol. The number of rotatable bonds is 10. The zero-order valence-corrected chi connectivity index (χ0v) is 13.3. The molecule has 1 fully saturated rings. The van der Waals surface area contributed by atoms with Gasteiger partial charge in [-0.1, -0.05) is 26.7 Å². The zero-order chi connectivity index (χ0) is 14.0. The van der Waals surface area contributed by atoms with Crippen molar-refractivity contribution in [2.75, 3.05) is 46.4 Å². The lowest BCUT2D eigenvalue weighted by Crippen LogP contribution is -2.40. The Morgan fingerprint density at radius 3 is 2.32 bits per heavy atom. The summed E-state index contributed by atoms with van der Waals surface area (Å²) >= 11 is 0. The van der Waals surface area contributed by atoms with Crippen molar-refractivity contribution < 1.29 is 4.74 Å². The molecule has 0 unspecified atom stereocenters. The van der Waals surface area contributed by atoms with Gasteiger partial charge in [0.1, 0.15) is 0 Å². The van der Waals surface area contributed by atoms with Crippen LogP contribution in [0.5, 0.6) is 0 Å². The molecule has 0 aromatic rings. The fraction of sp³-hybridized carbons (Fsp3) is 1.00. The summed E-state index contributed by atoms with van der Waals surface area (Å²) in [5.41, 5.74) is 0.665. The Bertz CT molecular complexity index is 207. The molecule has 114 valence electrons. The second-order valence-corrected chi connectivity index (χ2v) is 6.00. The predicted octanol–water partition coefficient (Wildman–Crippen LogP) is 2.90. The van der Waals surface area contributed by atoms with Gasteiger partial charge in [0.15, 0.2) is 0 Å². The number of nitrogens with zero attached hydrogens (tertiary/aromatic N) is 1. The van der Waals surface area contributed by atoms with Crippen LogP contribution >= 0.6 is 0 Å². The Morgan fingerprint density at radius 1 is 1.05 bits per heavy atom. The Hall–Kier alpha value is -0.120. The van der Waals surface area contributed by atoms with Crippen molar-refractivity contribution >= 4 is 0 Å². The normalized spacial score (nSPS) is 19.7. The molecule has 1 N–H and O–H groups in total. The van der Waals surface area contributed by atoms with Crippen molar-refractivity contribution in [3.05, 3.63) is 0 Å². The van der Waals surface area contributed by atoms with Gasteiger partial charge in [-0.15, -0.1) is 0 Å². The van der Waals surface area contributed by atoms with Gasteiger partial charge in [-0.05, 0) is 57.3 Å². The van der Waals surface area contributed by atoms with E-state index in [-0.39, 0.29) is 0 Å². The van der Waals surface area contributed by atoms with Crippen LogP contribution < -0.4 is 5.32 Å². The average Bonchev–Trinajstić information content (AvgIpc) is 2.47. The van der Waals surface area contributed by atoms with Crippen LogP contribution in [0, 0.1) is 5.41 Å². The van der Waals surface area contributed by atoms with Gasteiger partial charge in [-0.2, -0.15) is 0 Å². The Kier molecular flexibility index (Phi) is 8.67. The standard InChI is InChI=1S/C16H34N2O/c1-4-16(5-2)8-13-18(14-9-16)12-7-6-10-17-11-15-19-3/h17H,4-15H2,1-3H3. The van der Waals surface area contributed by atoms with Gasteiger partial charge >= 0.3 is 0 Å². The van der Waals surface area contributed by atoms with Crippen LogP contribution in [0.4, 0.5) is 0 Å². The summed E-state index contributed by atoms with van der Waals surface area (Å²) in [5, 5.41) is 3.41. The summed E-state index contributed by atoms with van der Waals surface area (Å²) in [6.45, 7) is 11.6. The van der Waals surface area contributed by atoms with Gasteiger partial charge in [0.25, 0.3) is 0 Å². The van der Waals surface area contributed by atoms with Crippen molar-refractivity contribution in [3.8, 4) is 0 Å². The SMILES string of the molecule is CCC1(CC)CCN(CCCCNCCOC)CC1. The molecule has 0 amide bonds. The van der Waals surface area contributed by atoms with E-state index >= 15 is 0 Å². The molecule has 1 saturated heterocycles. The highest BCUT2D eigenvalue weighted by atomic mass is 16.5. The van der Waals surface area contributed by atoms with Gasteiger partial charge in [-0.25, -0.2) is 0 Å². The third-order valence-corrected chi connectivity index (χ3v) is 4.98. The first-order chi connectivity index (χ1) is 9.26. The minimum absolute atomic E-state index is 0.665. The predicted molar refractivity (Wildman–Crippen MR) is 82.7 cm³/mol. The fourth-order valence-electron chi connectivity index (χ4n) is 3.09. The molecule has 1 aliphatic heterocycles. The first kappa shape index (κ1) is 16.9. The molecule has 0 aromatic carbocycles. The van der Waals surface area contributed by atoms with E-state index in [1.165, 1.54) is 58.2 Å². The third kappa shape index (κ3) is 6.24. The van der Waals surface area contributed by atoms with Crippen LogP contribution in [-0.2, 0) is 4.74 Å². The summed E-state index contributed by atoms with van der Waals surface area (Å²) in [6.07, 6.45) is 8.15. The van der Waals surface area contributed by atoms with Crippen LogP contribution in [0.2, 0.25) is 0 Å². The molecule has 3 nitrogen and oxygen atoms in total. The Balaban J connectivity index is 2.00. The third-order valence-electron chi connectivity index (χ3n) is 4.98. The highest BCUT2D eigenvalue weighted by Gasteiger charge is 2.30. The first-order valence-corrected chi connectivity index (χ1v) is 8.18. The highest BCUT2D eigenvalue weighted by molar-refractivity contribution is 4.83. The second kappa shape index (κ2) is 9.73. The van der Waals surface area contributed by atoms with Crippen molar-refractivity contribution in [2.45, 2.75) is 52.4 Å². The molecule has 0 spiro atoms. The Morgan fingerprint density at radius 2 is 1.74 bits per heavy atom. The molecule has 0 aromatic heterocycles. The molecule has 1 aliphatic rings. The zero-order valence-electron chi connectivity index (χ0n) is 13.3. The number of likely N-dealkylation sites (tertiary alicyclic amines) is 1. The maximum absolute atomic E-state index is 5.01. The summed E-state index contributed by atoms with van der Waals surface area (Å²) in [7, 11) is 1.75. The summed E-state index contributed by atoms with van der Waals surface area (Å²) in [6, 6.07) is 0. The number of piperidine rings is 1. The van der Waals surface area contributed by atoms with Gasteiger partial charge < -0.3 is 15.0 Å². The van der Waals surface area contributed by atoms with E-state index in [1.807, 2.05) is 0 Å². The molecule has 0 bridgehead atoms. The molecular formula is C16H34N2O. The number of hydrogen-bond donors (Lipinski definition) is 1. The van der Waals surface area contributed by atoms with Crippen molar-refractivity contribution in [1.29, 1.82) is 0 Å². The largest absolute Gasteiger partial charge is 0.383 e. The van der Waals surface area contributed by atoms with Gasteiger partial charge in [0.05, 0.1) is 6.61 Å². The molecular weight excluding hydrogens is 236 g/mol. The molecule has 1 heterocycles. The topological polar surface area (TPSA) is 24.5 Å². The molecule has 0 atom stereocenters. The first-order valence-electron chi connectivity index (χ1n) is 8.18. The van der Waals surface area contributed by atoms with E-state index in [0.717, 1.165) is 19.7 Å². The summed E-state index contributed by atoms with van der Waals surface area (Å²) in [5.74, 6) is 0. The summed E-state index contributed by atoms with van der Waals surface area (Å²) < 4.78 is 5.01. The maximum Gasteiger partial charge on any atom is 0.0587 e. The van der Waals surface area contributed by atoms with Gasteiger partial charge in [0.2, 0.25) is 0 Å². The van der Waals surface area contributed by atoms with E-state index in [9.17, 15) is 0 Å².